The monoisotopic (exact) mass is 362 g/mol. The summed E-state index contributed by atoms with van der Waals surface area (Å²) in [6.45, 7) is 12.4. The van der Waals surface area contributed by atoms with Crippen molar-refractivity contribution in [3.63, 3.8) is 0 Å². The van der Waals surface area contributed by atoms with Crippen LogP contribution in [0.3, 0.4) is 0 Å². The van der Waals surface area contributed by atoms with Crippen LogP contribution in [0.2, 0.25) is 0 Å². The van der Waals surface area contributed by atoms with Crippen LogP contribution in [0.15, 0.2) is 23.3 Å². The highest BCUT2D eigenvalue weighted by Gasteiger charge is 2.57. The Kier molecular flexibility index (Phi) is 6.04. The average molecular weight is 363 g/mol. The number of carboxylic acids is 1. The molecule has 0 aliphatic heterocycles. The van der Waals surface area contributed by atoms with Crippen molar-refractivity contribution in [2.45, 2.75) is 79.8 Å². The van der Waals surface area contributed by atoms with E-state index in [0.717, 1.165) is 31.3 Å². The van der Waals surface area contributed by atoms with E-state index in [0.29, 0.717) is 18.3 Å². The van der Waals surface area contributed by atoms with E-state index in [2.05, 4.69) is 33.8 Å². The lowest BCUT2D eigenvalue weighted by Crippen LogP contribution is -2.56. The molecule has 0 radical (unpaired) electrons. The zero-order valence-electron chi connectivity index (χ0n) is 17.1. The molecule has 1 N–H and O–H groups in total. The van der Waals surface area contributed by atoms with Crippen LogP contribution < -0.4 is 0 Å². The zero-order valence-corrected chi connectivity index (χ0v) is 17.1. The van der Waals surface area contributed by atoms with Crippen molar-refractivity contribution in [3.05, 3.63) is 23.3 Å². The van der Waals surface area contributed by atoms with Crippen molar-refractivity contribution < 1.29 is 19.4 Å². The fourth-order valence-electron chi connectivity index (χ4n) is 5.53. The number of fused-ring (bicyclic) bond motifs is 1. The molecule has 0 spiro atoms. The van der Waals surface area contributed by atoms with E-state index in [1.807, 2.05) is 6.92 Å². The summed E-state index contributed by atoms with van der Waals surface area (Å²) in [6.07, 6.45) is 8.17. The highest BCUT2D eigenvalue weighted by Crippen LogP contribution is 2.62. The lowest BCUT2D eigenvalue weighted by Gasteiger charge is -2.59. The molecule has 0 aromatic carbocycles. The molecule has 2 aliphatic rings. The van der Waals surface area contributed by atoms with Crippen LogP contribution in [-0.2, 0) is 14.3 Å². The lowest BCUT2D eigenvalue weighted by molar-refractivity contribution is -0.171. The summed E-state index contributed by atoms with van der Waals surface area (Å²) in [5, 5.41) is 9.08. The van der Waals surface area contributed by atoms with E-state index in [1.165, 1.54) is 18.6 Å². The van der Waals surface area contributed by atoms with Gasteiger partial charge in [-0.15, -0.1) is 0 Å². The van der Waals surface area contributed by atoms with Crippen LogP contribution in [-0.4, -0.2) is 23.1 Å². The Balaban J connectivity index is 2.46. The van der Waals surface area contributed by atoms with Crippen molar-refractivity contribution in [1.29, 1.82) is 0 Å². The van der Waals surface area contributed by atoms with Gasteiger partial charge in [0.25, 0.3) is 0 Å². The minimum absolute atomic E-state index is 0.127. The summed E-state index contributed by atoms with van der Waals surface area (Å²) in [5.74, 6) is -0.409. The van der Waals surface area contributed by atoms with Crippen molar-refractivity contribution in [1.82, 2.24) is 0 Å². The molecular weight excluding hydrogens is 328 g/mol. The standard InChI is InChI=1S/C22H34O4/c1-14(13-20(24)25)12-19(26-17(4)23)22(6)16(3)10-11-21(5)15(2)8-7-9-18(21)22/h8,13,16,18-19H,7,9-12H2,1-6H3,(H,24,25)/b14-13+/t16-,18-,19+,21+,22+/m1/s1. The largest absolute Gasteiger partial charge is 0.478 e. The van der Waals surface area contributed by atoms with Gasteiger partial charge in [0, 0.05) is 24.8 Å². The van der Waals surface area contributed by atoms with Gasteiger partial charge in [-0.1, -0.05) is 38.0 Å². The van der Waals surface area contributed by atoms with Crippen LogP contribution in [0.1, 0.15) is 73.6 Å². The van der Waals surface area contributed by atoms with Gasteiger partial charge in [0.1, 0.15) is 6.10 Å². The molecule has 4 nitrogen and oxygen atoms in total. The quantitative estimate of drug-likeness (QED) is 0.418. The maximum atomic E-state index is 11.9. The number of ether oxygens (including phenoxy) is 1. The second-order valence-corrected chi connectivity index (χ2v) is 8.87. The van der Waals surface area contributed by atoms with Gasteiger partial charge in [-0.25, -0.2) is 4.79 Å². The Labute approximate surface area is 157 Å². The number of carboxylic acid groups (broad SMARTS) is 1. The zero-order chi connectivity index (χ0) is 19.7. The molecule has 0 heterocycles. The van der Waals surface area contributed by atoms with E-state index < -0.39 is 5.97 Å². The molecule has 0 aromatic heterocycles. The molecule has 146 valence electrons. The summed E-state index contributed by atoms with van der Waals surface area (Å²) < 4.78 is 5.85. The van der Waals surface area contributed by atoms with Crippen LogP contribution in [0, 0.1) is 22.7 Å². The minimum atomic E-state index is -0.952. The summed E-state index contributed by atoms with van der Waals surface area (Å²) in [7, 11) is 0. The summed E-state index contributed by atoms with van der Waals surface area (Å²) in [6, 6.07) is 0. The third-order valence-corrected chi connectivity index (χ3v) is 7.36. The number of esters is 1. The average Bonchev–Trinajstić information content (AvgIpc) is 2.51. The van der Waals surface area contributed by atoms with Gasteiger partial charge in [0.15, 0.2) is 0 Å². The van der Waals surface area contributed by atoms with E-state index in [4.69, 9.17) is 9.84 Å². The fourth-order valence-corrected chi connectivity index (χ4v) is 5.53. The van der Waals surface area contributed by atoms with E-state index in [-0.39, 0.29) is 22.9 Å². The fraction of sp³-hybridized carbons (Fsp3) is 0.727. The first-order chi connectivity index (χ1) is 12.0. The van der Waals surface area contributed by atoms with Crippen LogP contribution in [0.4, 0.5) is 0 Å². The summed E-state index contributed by atoms with van der Waals surface area (Å²) >= 11 is 0. The Hall–Kier alpha value is -1.58. The topological polar surface area (TPSA) is 63.6 Å². The molecule has 2 rings (SSSR count). The van der Waals surface area contributed by atoms with E-state index in [1.54, 1.807) is 0 Å². The van der Waals surface area contributed by atoms with E-state index >= 15 is 0 Å². The predicted molar refractivity (Wildman–Crippen MR) is 103 cm³/mol. The molecule has 2 aliphatic carbocycles. The van der Waals surface area contributed by atoms with Crippen LogP contribution >= 0.6 is 0 Å². The molecule has 0 aromatic rings. The molecular formula is C22H34O4. The highest BCUT2D eigenvalue weighted by molar-refractivity contribution is 5.80. The smallest absolute Gasteiger partial charge is 0.328 e. The van der Waals surface area contributed by atoms with Gasteiger partial charge in [0.05, 0.1) is 0 Å². The number of carbonyl (C=O) groups excluding carboxylic acids is 1. The third kappa shape index (κ3) is 3.74. The molecule has 1 fully saturated rings. The number of hydrogen-bond donors (Lipinski definition) is 1. The highest BCUT2D eigenvalue weighted by atomic mass is 16.5. The number of hydrogen-bond acceptors (Lipinski definition) is 3. The van der Waals surface area contributed by atoms with Crippen LogP contribution in [0.5, 0.6) is 0 Å². The molecule has 1 saturated carbocycles. The Morgan fingerprint density at radius 3 is 2.58 bits per heavy atom. The lowest BCUT2D eigenvalue weighted by atomic mass is 9.46. The number of rotatable bonds is 5. The van der Waals surface area contributed by atoms with Gasteiger partial charge in [-0.3, -0.25) is 4.79 Å². The predicted octanol–water partition coefficient (Wildman–Crippen LogP) is 5.14. The van der Waals surface area contributed by atoms with Gasteiger partial charge < -0.3 is 9.84 Å². The Morgan fingerprint density at radius 1 is 1.35 bits per heavy atom. The Morgan fingerprint density at radius 2 is 2.00 bits per heavy atom. The van der Waals surface area contributed by atoms with Crippen molar-refractivity contribution >= 4 is 11.9 Å². The van der Waals surface area contributed by atoms with Gasteiger partial charge in [0.2, 0.25) is 0 Å². The molecule has 0 saturated heterocycles. The molecule has 4 heteroatoms. The first-order valence-corrected chi connectivity index (χ1v) is 9.76. The van der Waals surface area contributed by atoms with Gasteiger partial charge in [-0.05, 0) is 56.8 Å². The maximum absolute atomic E-state index is 11.9. The van der Waals surface area contributed by atoms with Crippen LogP contribution in [0.25, 0.3) is 0 Å². The minimum Gasteiger partial charge on any atom is -0.478 e. The molecule has 0 bridgehead atoms. The second kappa shape index (κ2) is 7.58. The normalized spacial score (nSPS) is 35.9. The maximum Gasteiger partial charge on any atom is 0.328 e. The summed E-state index contributed by atoms with van der Waals surface area (Å²) in [4.78, 5) is 22.9. The molecule has 5 atom stereocenters. The third-order valence-electron chi connectivity index (χ3n) is 7.36. The van der Waals surface area contributed by atoms with Crippen molar-refractivity contribution in [2.75, 3.05) is 0 Å². The first kappa shape index (κ1) is 20.7. The first-order valence-electron chi connectivity index (χ1n) is 9.76. The second-order valence-electron chi connectivity index (χ2n) is 8.87. The van der Waals surface area contributed by atoms with Crippen molar-refractivity contribution in [2.24, 2.45) is 22.7 Å². The van der Waals surface area contributed by atoms with Gasteiger partial charge in [-0.2, -0.15) is 0 Å². The molecule has 0 amide bonds. The van der Waals surface area contributed by atoms with E-state index in [9.17, 15) is 9.59 Å². The SMILES string of the molecule is CC(=O)O[C@@H](C/C(C)=C/C(=O)O)[C@@]1(C)[C@H](C)CC[C@@]2(C)C(C)=CCC[C@@H]12. The van der Waals surface area contributed by atoms with Gasteiger partial charge >= 0.3 is 11.9 Å². The summed E-state index contributed by atoms with van der Waals surface area (Å²) in [5.41, 5.74) is 2.14. The number of carbonyl (C=O) groups is 2. The Bertz CT molecular complexity index is 632. The number of aliphatic carboxylic acids is 1. The molecule has 0 unspecified atom stereocenters. The number of allylic oxidation sites excluding steroid dienone is 2. The van der Waals surface area contributed by atoms with Crippen molar-refractivity contribution in [3.8, 4) is 0 Å². The molecule has 26 heavy (non-hydrogen) atoms.